The highest BCUT2D eigenvalue weighted by Gasteiger charge is 2.50. The number of aromatic nitrogens is 4. The number of imidazole rings is 1. The Labute approximate surface area is 186 Å². The molecule has 0 bridgehead atoms. The van der Waals surface area contributed by atoms with Crippen LogP contribution in [0.2, 0.25) is 0 Å². The summed E-state index contributed by atoms with van der Waals surface area (Å²) in [5.74, 6) is -1.50. The summed E-state index contributed by atoms with van der Waals surface area (Å²) in [4.78, 5) is 44.5. The van der Waals surface area contributed by atoms with E-state index < -0.39 is 48.8 Å². The van der Waals surface area contributed by atoms with Gasteiger partial charge in [-0.2, -0.15) is 4.98 Å². The maximum absolute atomic E-state index is 15.2. The van der Waals surface area contributed by atoms with Gasteiger partial charge in [-0.05, 0) is 5.56 Å². The minimum Gasteiger partial charge on any atom is -0.463 e. The molecule has 33 heavy (non-hydrogen) atoms. The van der Waals surface area contributed by atoms with Crippen LogP contribution >= 0.6 is 0 Å². The Balaban J connectivity index is 1.82. The molecule has 0 saturated carbocycles. The van der Waals surface area contributed by atoms with Crippen molar-refractivity contribution in [3.8, 4) is 0 Å². The molecular formula is C21H22FN5O6. The molecule has 3 aromatic rings. The van der Waals surface area contributed by atoms with Crippen molar-refractivity contribution >= 4 is 29.1 Å². The number of ether oxygens (including phenoxy) is 3. The average Bonchev–Trinajstić information content (AvgIpc) is 3.20. The number of carbonyl (C=O) groups excluding carboxylic acids is 2. The van der Waals surface area contributed by atoms with E-state index in [1.54, 1.807) is 0 Å². The van der Waals surface area contributed by atoms with Gasteiger partial charge in [-0.15, -0.1) is 0 Å². The van der Waals surface area contributed by atoms with Gasteiger partial charge in [0.15, 0.2) is 24.2 Å². The van der Waals surface area contributed by atoms with Gasteiger partial charge in [0.05, 0.1) is 12.7 Å². The second-order valence-corrected chi connectivity index (χ2v) is 7.55. The first-order valence-corrected chi connectivity index (χ1v) is 10.1. The van der Waals surface area contributed by atoms with Crippen molar-refractivity contribution in [1.29, 1.82) is 0 Å². The van der Waals surface area contributed by atoms with Crippen molar-refractivity contribution in [2.45, 2.75) is 45.0 Å². The molecule has 0 unspecified atom stereocenters. The van der Waals surface area contributed by atoms with Crippen LogP contribution in [0.3, 0.4) is 0 Å². The molecule has 1 aliphatic rings. The third-order valence-electron chi connectivity index (χ3n) is 5.18. The van der Waals surface area contributed by atoms with Crippen molar-refractivity contribution < 1.29 is 28.2 Å². The highest BCUT2D eigenvalue weighted by atomic mass is 19.1. The number of hydrogen-bond donors (Lipinski definition) is 1. The van der Waals surface area contributed by atoms with Crippen molar-refractivity contribution in [1.82, 2.24) is 19.1 Å². The number of esters is 2. The molecule has 1 fully saturated rings. The number of nitrogen functional groups attached to an aromatic ring is 1. The summed E-state index contributed by atoms with van der Waals surface area (Å²) in [7, 11) is 0. The van der Waals surface area contributed by atoms with Crippen LogP contribution in [0.1, 0.15) is 25.6 Å². The molecule has 11 nitrogen and oxygen atoms in total. The maximum atomic E-state index is 15.2. The Bertz CT molecular complexity index is 1240. The van der Waals surface area contributed by atoms with Gasteiger partial charge in [0.25, 0.3) is 0 Å². The Hall–Kier alpha value is -3.80. The van der Waals surface area contributed by atoms with Crippen LogP contribution in [0.5, 0.6) is 0 Å². The summed E-state index contributed by atoms with van der Waals surface area (Å²) >= 11 is 0. The number of fused-ring (bicyclic) bond motifs is 1. The molecule has 0 amide bonds. The zero-order valence-electron chi connectivity index (χ0n) is 17.9. The van der Waals surface area contributed by atoms with Gasteiger partial charge < -0.3 is 19.9 Å². The Morgan fingerprint density at radius 2 is 1.94 bits per heavy atom. The number of benzene rings is 1. The van der Waals surface area contributed by atoms with Gasteiger partial charge in [0, 0.05) is 13.8 Å². The molecule has 3 heterocycles. The molecule has 4 atom stereocenters. The molecule has 2 N–H and O–H groups in total. The minimum atomic E-state index is -1.86. The molecule has 1 aromatic carbocycles. The number of anilines is 1. The van der Waals surface area contributed by atoms with Crippen molar-refractivity contribution in [2.75, 3.05) is 12.3 Å². The lowest BCUT2D eigenvalue weighted by atomic mass is 10.1. The average molecular weight is 459 g/mol. The van der Waals surface area contributed by atoms with E-state index in [9.17, 15) is 14.4 Å². The fourth-order valence-corrected chi connectivity index (χ4v) is 3.77. The van der Waals surface area contributed by atoms with E-state index in [1.165, 1.54) is 17.7 Å². The lowest BCUT2D eigenvalue weighted by Crippen LogP contribution is -2.37. The Kier molecular flexibility index (Phi) is 6.09. The molecule has 2 aromatic heterocycles. The van der Waals surface area contributed by atoms with Gasteiger partial charge in [0.2, 0.25) is 5.95 Å². The van der Waals surface area contributed by atoms with Crippen LogP contribution in [-0.4, -0.2) is 56.0 Å². The maximum Gasteiger partial charge on any atom is 0.332 e. The van der Waals surface area contributed by atoms with Crippen LogP contribution in [0.15, 0.2) is 41.3 Å². The summed E-state index contributed by atoms with van der Waals surface area (Å²) < 4.78 is 33.4. The number of nitrogens with zero attached hydrogens (tertiary/aromatic N) is 4. The fraction of sp³-hybridized carbons (Fsp3) is 0.381. The van der Waals surface area contributed by atoms with Crippen LogP contribution in [0, 0.1) is 0 Å². The second-order valence-electron chi connectivity index (χ2n) is 7.55. The van der Waals surface area contributed by atoms with Gasteiger partial charge in [-0.1, -0.05) is 30.3 Å². The molecule has 12 heteroatoms. The van der Waals surface area contributed by atoms with Crippen molar-refractivity contribution in [3.05, 3.63) is 52.6 Å². The molecule has 0 radical (unpaired) electrons. The monoisotopic (exact) mass is 459 g/mol. The van der Waals surface area contributed by atoms with E-state index in [4.69, 9.17) is 19.9 Å². The van der Waals surface area contributed by atoms with E-state index >= 15 is 4.39 Å². The number of hydrogen-bond acceptors (Lipinski definition) is 9. The smallest absolute Gasteiger partial charge is 0.332 e. The first-order chi connectivity index (χ1) is 15.8. The third kappa shape index (κ3) is 4.42. The topological polar surface area (TPSA) is 141 Å². The van der Waals surface area contributed by atoms with Crippen molar-refractivity contribution in [2.24, 2.45) is 0 Å². The Morgan fingerprint density at radius 3 is 2.61 bits per heavy atom. The quantitative estimate of drug-likeness (QED) is 0.534. The molecule has 1 saturated heterocycles. The number of rotatable bonds is 6. The molecule has 0 aliphatic carbocycles. The lowest BCUT2D eigenvalue weighted by molar-refractivity contribution is -0.154. The van der Waals surface area contributed by atoms with E-state index in [1.807, 2.05) is 30.3 Å². The highest BCUT2D eigenvalue weighted by molar-refractivity contribution is 5.72. The normalized spacial score (nSPS) is 22.4. The van der Waals surface area contributed by atoms with Crippen molar-refractivity contribution in [3.63, 3.8) is 0 Å². The van der Waals surface area contributed by atoms with Gasteiger partial charge in [0.1, 0.15) is 18.2 Å². The summed E-state index contributed by atoms with van der Waals surface area (Å²) in [5.41, 5.74) is 6.42. The van der Waals surface area contributed by atoms with E-state index in [0.29, 0.717) is 5.52 Å². The SMILES string of the molecule is CC(=O)OC[C@H]1O[C@@H](n2c(=O)n(Cc3ccccc3)c3cnc(N)nc32)[C@H](OC(C)=O)[C@@H]1F. The summed E-state index contributed by atoms with van der Waals surface area (Å²) in [6.45, 7) is 2.05. The number of nitrogens with two attached hydrogens (primary N) is 1. The number of halogens is 1. The first-order valence-electron chi connectivity index (χ1n) is 10.1. The van der Waals surface area contributed by atoms with E-state index in [-0.39, 0.29) is 18.1 Å². The molecule has 1 aliphatic heterocycles. The highest BCUT2D eigenvalue weighted by Crippen LogP contribution is 2.35. The molecule has 174 valence electrons. The number of carbonyl (C=O) groups is 2. The van der Waals surface area contributed by atoms with E-state index in [0.717, 1.165) is 17.1 Å². The van der Waals surface area contributed by atoms with Crippen LogP contribution in [0.4, 0.5) is 10.3 Å². The largest absolute Gasteiger partial charge is 0.463 e. The zero-order valence-corrected chi connectivity index (χ0v) is 17.9. The van der Waals surface area contributed by atoms with Gasteiger partial charge in [-0.3, -0.25) is 14.2 Å². The Morgan fingerprint density at radius 1 is 1.21 bits per heavy atom. The fourth-order valence-electron chi connectivity index (χ4n) is 3.77. The summed E-state index contributed by atoms with van der Waals surface area (Å²) in [6.07, 6.45) is -4.59. The second kappa shape index (κ2) is 8.98. The minimum absolute atomic E-state index is 0.0888. The molecule has 4 rings (SSSR count). The van der Waals surface area contributed by atoms with Gasteiger partial charge in [-0.25, -0.2) is 18.7 Å². The third-order valence-corrected chi connectivity index (χ3v) is 5.18. The van der Waals surface area contributed by atoms with Crippen LogP contribution < -0.4 is 11.4 Å². The molecule has 0 spiro atoms. The predicted molar refractivity (Wildman–Crippen MR) is 113 cm³/mol. The molecular weight excluding hydrogens is 437 g/mol. The zero-order chi connectivity index (χ0) is 23.7. The summed E-state index contributed by atoms with van der Waals surface area (Å²) in [5, 5.41) is 0. The van der Waals surface area contributed by atoms with Gasteiger partial charge >= 0.3 is 17.6 Å². The van der Waals surface area contributed by atoms with Crippen LogP contribution in [0.25, 0.3) is 11.2 Å². The van der Waals surface area contributed by atoms with Crippen LogP contribution in [-0.2, 0) is 30.3 Å². The standard InChI is InChI=1S/C21H22FN5O6/c1-11(28)31-10-15-16(22)17(32-12(2)29)19(33-15)27-18-14(8-24-20(23)25-18)26(21(27)30)9-13-6-4-3-5-7-13/h3-8,15-17,19H,9-10H2,1-2H3,(H2,23,24,25)/t15-,16-,17-,19-/m1/s1. The number of alkyl halides is 1. The lowest BCUT2D eigenvalue weighted by Gasteiger charge is -2.19. The predicted octanol–water partition coefficient (Wildman–Crippen LogP) is 0.954. The van der Waals surface area contributed by atoms with E-state index in [2.05, 4.69) is 9.97 Å². The first kappa shape index (κ1) is 22.4. The summed E-state index contributed by atoms with van der Waals surface area (Å²) in [6, 6.07) is 9.19.